The normalized spacial score (nSPS) is 12.5. The van der Waals surface area contributed by atoms with Gasteiger partial charge in [-0.2, -0.15) is 11.3 Å². The fourth-order valence-electron chi connectivity index (χ4n) is 2.30. The number of aryl methyl sites for hydroxylation is 1. The van der Waals surface area contributed by atoms with Gasteiger partial charge in [0.15, 0.2) is 0 Å². The van der Waals surface area contributed by atoms with E-state index in [1.165, 1.54) is 11.6 Å². The number of hydrogen-bond acceptors (Lipinski definition) is 4. The van der Waals surface area contributed by atoms with E-state index in [9.17, 15) is 4.39 Å². The summed E-state index contributed by atoms with van der Waals surface area (Å²) in [5.41, 5.74) is 3.00. The Kier molecular flexibility index (Phi) is 4.97. The molecule has 3 rings (SSSR count). The maximum absolute atomic E-state index is 13.8. The SMILES string of the molecule is Cc1csc([C@@H](Cc2ccsc2)NCc2ccccc2F)n1. The molecule has 0 unspecified atom stereocenters. The van der Waals surface area contributed by atoms with Crippen molar-refractivity contribution in [3.8, 4) is 0 Å². The molecule has 1 atom stereocenters. The molecule has 2 heterocycles. The number of hydrogen-bond donors (Lipinski definition) is 1. The van der Waals surface area contributed by atoms with E-state index in [1.54, 1.807) is 28.7 Å². The number of thiazole rings is 1. The lowest BCUT2D eigenvalue weighted by Crippen LogP contribution is -2.23. The van der Waals surface area contributed by atoms with Gasteiger partial charge in [0.05, 0.1) is 6.04 Å². The van der Waals surface area contributed by atoms with Crippen molar-refractivity contribution in [2.75, 3.05) is 0 Å². The van der Waals surface area contributed by atoms with Crippen LogP contribution >= 0.6 is 22.7 Å². The number of rotatable bonds is 6. The van der Waals surface area contributed by atoms with Gasteiger partial charge in [-0.25, -0.2) is 9.37 Å². The van der Waals surface area contributed by atoms with Crippen LogP contribution in [0.15, 0.2) is 46.5 Å². The van der Waals surface area contributed by atoms with Crippen molar-refractivity contribution in [2.24, 2.45) is 0 Å². The van der Waals surface area contributed by atoms with E-state index in [-0.39, 0.29) is 11.9 Å². The Hall–Kier alpha value is -1.56. The van der Waals surface area contributed by atoms with Crippen molar-refractivity contribution in [3.63, 3.8) is 0 Å². The van der Waals surface area contributed by atoms with Crippen LogP contribution in [0, 0.1) is 12.7 Å². The molecule has 5 heteroatoms. The Balaban J connectivity index is 1.75. The number of thiophene rings is 1. The van der Waals surface area contributed by atoms with Gasteiger partial charge < -0.3 is 5.32 Å². The minimum Gasteiger partial charge on any atom is -0.303 e. The molecule has 22 heavy (non-hydrogen) atoms. The number of nitrogens with zero attached hydrogens (tertiary/aromatic N) is 1. The Morgan fingerprint density at radius 2 is 2.09 bits per heavy atom. The third-order valence-electron chi connectivity index (χ3n) is 3.45. The molecule has 0 fully saturated rings. The highest BCUT2D eigenvalue weighted by atomic mass is 32.1. The molecule has 1 aromatic carbocycles. The largest absolute Gasteiger partial charge is 0.303 e. The highest BCUT2D eigenvalue weighted by molar-refractivity contribution is 7.09. The van der Waals surface area contributed by atoms with Crippen LogP contribution < -0.4 is 5.32 Å². The second kappa shape index (κ2) is 7.13. The highest BCUT2D eigenvalue weighted by Gasteiger charge is 2.16. The first kappa shape index (κ1) is 15.3. The van der Waals surface area contributed by atoms with Crippen molar-refractivity contribution < 1.29 is 4.39 Å². The van der Waals surface area contributed by atoms with Gasteiger partial charge in [-0.1, -0.05) is 18.2 Å². The Morgan fingerprint density at radius 1 is 1.23 bits per heavy atom. The van der Waals surface area contributed by atoms with Gasteiger partial charge >= 0.3 is 0 Å². The third kappa shape index (κ3) is 3.80. The molecule has 0 spiro atoms. The lowest BCUT2D eigenvalue weighted by molar-refractivity contribution is 0.511. The molecule has 0 radical (unpaired) electrons. The van der Waals surface area contributed by atoms with Gasteiger partial charge in [0.2, 0.25) is 0 Å². The molecular weight excluding hydrogens is 315 g/mol. The fraction of sp³-hybridized carbons (Fsp3) is 0.235. The zero-order valence-electron chi connectivity index (χ0n) is 12.3. The summed E-state index contributed by atoms with van der Waals surface area (Å²) in [6.07, 6.45) is 0.866. The molecule has 0 saturated carbocycles. The summed E-state index contributed by atoms with van der Waals surface area (Å²) in [5, 5.41) is 10.8. The zero-order valence-corrected chi connectivity index (χ0v) is 13.9. The van der Waals surface area contributed by atoms with E-state index in [0.717, 1.165) is 17.1 Å². The molecule has 0 bridgehead atoms. The van der Waals surface area contributed by atoms with Gasteiger partial charge in [0.1, 0.15) is 10.8 Å². The minimum absolute atomic E-state index is 0.105. The van der Waals surface area contributed by atoms with Gasteiger partial charge in [-0.3, -0.25) is 0 Å². The molecular formula is C17H17FN2S2. The third-order valence-corrected chi connectivity index (χ3v) is 5.26. The van der Waals surface area contributed by atoms with Gasteiger partial charge in [-0.05, 0) is 41.8 Å². The molecule has 0 amide bonds. The number of nitrogens with one attached hydrogen (secondary N) is 1. The summed E-state index contributed by atoms with van der Waals surface area (Å²) in [4.78, 5) is 4.59. The molecule has 114 valence electrons. The molecule has 2 aromatic heterocycles. The lowest BCUT2D eigenvalue weighted by atomic mass is 10.1. The predicted octanol–water partition coefficient (Wildman–Crippen LogP) is 4.73. The maximum atomic E-state index is 13.8. The highest BCUT2D eigenvalue weighted by Crippen LogP contribution is 2.24. The molecule has 0 aliphatic rings. The summed E-state index contributed by atoms with van der Waals surface area (Å²) in [6, 6.07) is 9.12. The second-order valence-electron chi connectivity index (χ2n) is 5.19. The number of halogens is 1. The smallest absolute Gasteiger partial charge is 0.127 e. The maximum Gasteiger partial charge on any atom is 0.127 e. The molecule has 0 aliphatic carbocycles. The molecule has 0 saturated heterocycles. The van der Waals surface area contributed by atoms with Gasteiger partial charge in [0.25, 0.3) is 0 Å². The molecule has 2 nitrogen and oxygen atoms in total. The fourth-order valence-corrected chi connectivity index (χ4v) is 3.85. The predicted molar refractivity (Wildman–Crippen MR) is 90.9 cm³/mol. The van der Waals surface area contributed by atoms with E-state index < -0.39 is 0 Å². The Bertz CT molecular complexity index is 722. The van der Waals surface area contributed by atoms with Crippen molar-refractivity contribution in [1.29, 1.82) is 0 Å². The van der Waals surface area contributed by atoms with Crippen LogP contribution in [0.4, 0.5) is 4.39 Å². The van der Waals surface area contributed by atoms with Crippen molar-refractivity contribution in [3.05, 3.63) is 74.1 Å². The van der Waals surface area contributed by atoms with Crippen LogP contribution in [0.5, 0.6) is 0 Å². The van der Waals surface area contributed by atoms with Crippen LogP contribution in [0.3, 0.4) is 0 Å². The van der Waals surface area contributed by atoms with Crippen LogP contribution in [-0.4, -0.2) is 4.98 Å². The number of benzene rings is 1. The van der Waals surface area contributed by atoms with E-state index >= 15 is 0 Å². The monoisotopic (exact) mass is 332 g/mol. The van der Waals surface area contributed by atoms with Crippen molar-refractivity contribution >= 4 is 22.7 Å². The first-order valence-corrected chi connectivity index (χ1v) is 8.94. The van der Waals surface area contributed by atoms with Crippen molar-refractivity contribution in [1.82, 2.24) is 10.3 Å². The summed E-state index contributed by atoms with van der Waals surface area (Å²) in [6.45, 7) is 2.50. The zero-order chi connectivity index (χ0) is 15.4. The quantitative estimate of drug-likeness (QED) is 0.706. The summed E-state index contributed by atoms with van der Waals surface area (Å²) in [5.74, 6) is -0.167. The summed E-state index contributed by atoms with van der Waals surface area (Å²) >= 11 is 3.35. The molecule has 0 aliphatic heterocycles. The van der Waals surface area contributed by atoms with Crippen LogP contribution in [-0.2, 0) is 13.0 Å². The average molecular weight is 332 g/mol. The minimum atomic E-state index is -0.167. The standard InChI is InChI=1S/C17H17FN2S2/c1-12-10-22-17(20-12)16(8-13-6-7-21-11-13)19-9-14-4-2-3-5-15(14)18/h2-7,10-11,16,19H,8-9H2,1H3/t16-/m1/s1. The van der Waals surface area contributed by atoms with Crippen LogP contribution in [0.1, 0.15) is 27.9 Å². The Labute approximate surface area is 137 Å². The lowest BCUT2D eigenvalue weighted by Gasteiger charge is -2.16. The van der Waals surface area contributed by atoms with Crippen LogP contribution in [0.2, 0.25) is 0 Å². The van der Waals surface area contributed by atoms with Gasteiger partial charge in [-0.15, -0.1) is 11.3 Å². The van der Waals surface area contributed by atoms with Gasteiger partial charge in [0, 0.05) is 23.2 Å². The first-order valence-electron chi connectivity index (χ1n) is 7.12. The van der Waals surface area contributed by atoms with Crippen molar-refractivity contribution in [2.45, 2.75) is 25.9 Å². The van der Waals surface area contributed by atoms with E-state index in [2.05, 4.69) is 32.5 Å². The molecule has 1 N–H and O–H groups in total. The topological polar surface area (TPSA) is 24.9 Å². The first-order chi connectivity index (χ1) is 10.7. The second-order valence-corrected chi connectivity index (χ2v) is 6.86. The summed E-state index contributed by atoms with van der Waals surface area (Å²) < 4.78 is 13.8. The van der Waals surface area contributed by atoms with Crippen LogP contribution in [0.25, 0.3) is 0 Å². The molecule has 3 aromatic rings. The van der Waals surface area contributed by atoms with E-state index in [1.807, 2.05) is 19.1 Å². The summed E-state index contributed by atoms with van der Waals surface area (Å²) in [7, 11) is 0. The average Bonchev–Trinajstić information content (AvgIpc) is 3.16. The van der Waals surface area contributed by atoms with E-state index in [4.69, 9.17) is 0 Å². The number of aromatic nitrogens is 1. The van der Waals surface area contributed by atoms with E-state index in [0.29, 0.717) is 12.1 Å². The Morgan fingerprint density at radius 3 is 2.77 bits per heavy atom.